The Kier molecular flexibility index (Phi) is 4.14. The quantitative estimate of drug-likeness (QED) is 0.869. The fourth-order valence-electron chi connectivity index (χ4n) is 2.35. The van der Waals surface area contributed by atoms with Crippen LogP contribution in [0, 0.1) is 0 Å². The monoisotopic (exact) mass is 312 g/mol. The predicted molar refractivity (Wildman–Crippen MR) is 83.2 cm³/mol. The highest BCUT2D eigenvalue weighted by molar-refractivity contribution is 5.97. The zero-order chi connectivity index (χ0) is 16.2. The van der Waals surface area contributed by atoms with Gasteiger partial charge in [-0.15, -0.1) is 0 Å². The van der Waals surface area contributed by atoms with Crippen LogP contribution in [0.2, 0.25) is 0 Å². The minimum atomic E-state index is -0.782. The van der Waals surface area contributed by atoms with Crippen LogP contribution in [0.3, 0.4) is 0 Å². The van der Waals surface area contributed by atoms with E-state index >= 15 is 0 Å². The van der Waals surface area contributed by atoms with Crippen LogP contribution in [0.25, 0.3) is 0 Å². The van der Waals surface area contributed by atoms with Gasteiger partial charge in [-0.05, 0) is 23.8 Å². The first kappa shape index (κ1) is 14.9. The molecule has 23 heavy (non-hydrogen) atoms. The molecule has 0 saturated heterocycles. The maximum absolute atomic E-state index is 12.3. The number of nitrogens with one attached hydrogen (secondary N) is 1. The van der Waals surface area contributed by atoms with Gasteiger partial charge in [-0.3, -0.25) is 9.59 Å². The SMILES string of the molecule is NC(=O)C(Cc1ccccc1)NC(=O)c1ccc2c(c1)OCO2. The van der Waals surface area contributed by atoms with Crippen molar-refractivity contribution in [2.45, 2.75) is 12.5 Å². The summed E-state index contributed by atoms with van der Waals surface area (Å²) in [5, 5.41) is 2.66. The van der Waals surface area contributed by atoms with Crippen LogP contribution < -0.4 is 20.5 Å². The summed E-state index contributed by atoms with van der Waals surface area (Å²) in [6, 6.07) is 13.4. The van der Waals surface area contributed by atoms with Crippen molar-refractivity contribution in [3.05, 3.63) is 59.7 Å². The maximum atomic E-state index is 12.3. The number of hydrogen-bond donors (Lipinski definition) is 2. The van der Waals surface area contributed by atoms with Crippen molar-refractivity contribution >= 4 is 11.8 Å². The number of fused-ring (bicyclic) bond motifs is 1. The number of carbonyl (C=O) groups excluding carboxylic acids is 2. The molecule has 118 valence electrons. The van der Waals surface area contributed by atoms with Crippen LogP contribution in [0.5, 0.6) is 11.5 Å². The zero-order valence-corrected chi connectivity index (χ0v) is 12.3. The molecule has 1 atom stereocenters. The lowest BCUT2D eigenvalue weighted by Gasteiger charge is -2.15. The van der Waals surface area contributed by atoms with Gasteiger partial charge >= 0.3 is 0 Å². The van der Waals surface area contributed by atoms with Crippen molar-refractivity contribution < 1.29 is 19.1 Å². The van der Waals surface area contributed by atoms with Gasteiger partial charge in [0.2, 0.25) is 12.7 Å². The van der Waals surface area contributed by atoms with Crippen LogP contribution in [0.4, 0.5) is 0 Å². The summed E-state index contributed by atoms with van der Waals surface area (Å²) < 4.78 is 10.4. The summed E-state index contributed by atoms with van der Waals surface area (Å²) in [6.07, 6.45) is 0.340. The van der Waals surface area contributed by atoms with Gasteiger partial charge in [-0.1, -0.05) is 30.3 Å². The molecule has 1 heterocycles. The first-order valence-electron chi connectivity index (χ1n) is 7.17. The fraction of sp³-hybridized carbons (Fsp3) is 0.176. The Balaban J connectivity index is 1.72. The second-order valence-corrected chi connectivity index (χ2v) is 5.19. The van der Waals surface area contributed by atoms with E-state index in [2.05, 4.69) is 5.32 Å². The molecule has 1 unspecified atom stereocenters. The maximum Gasteiger partial charge on any atom is 0.252 e. The average molecular weight is 312 g/mol. The highest BCUT2D eigenvalue weighted by atomic mass is 16.7. The van der Waals surface area contributed by atoms with Gasteiger partial charge in [-0.25, -0.2) is 0 Å². The molecule has 0 bridgehead atoms. The lowest BCUT2D eigenvalue weighted by Crippen LogP contribution is -2.45. The van der Waals surface area contributed by atoms with Crippen molar-refractivity contribution in [1.29, 1.82) is 0 Å². The van der Waals surface area contributed by atoms with Crippen LogP contribution in [-0.4, -0.2) is 24.6 Å². The molecule has 0 aromatic heterocycles. The van der Waals surface area contributed by atoms with Gasteiger partial charge in [0.1, 0.15) is 6.04 Å². The molecule has 0 saturated carbocycles. The molecule has 0 aliphatic carbocycles. The average Bonchev–Trinajstić information content (AvgIpc) is 3.02. The van der Waals surface area contributed by atoms with Crippen molar-refractivity contribution in [3.63, 3.8) is 0 Å². The minimum Gasteiger partial charge on any atom is -0.454 e. The molecule has 2 aromatic rings. The Morgan fingerprint density at radius 1 is 1.09 bits per heavy atom. The predicted octanol–water partition coefficient (Wildman–Crippen LogP) is 1.24. The number of ether oxygens (including phenoxy) is 2. The second kappa shape index (κ2) is 6.39. The van der Waals surface area contributed by atoms with Gasteiger partial charge in [0.15, 0.2) is 11.5 Å². The molecule has 0 radical (unpaired) electrons. The summed E-state index contributed by atoms with van der Waals surface area (Å²) in [7, 11) is 0. The van der Waals surface area contributed by atoms with Gasteiger partial charge in [0.25, 0.3) is 5.91 Å². The van der Waals surface area contributed by atoms with Crippen molar-refractivity contribution in [2.75, 3.05) is 6.79 Å². The van der Waals surface area contributed by atoms with Gasteiger partial charge in [0, 0.05) is 12.0 Å². The lowest BCUT2D eigenvalue weighted by molar-refractivity contribution is -0.119. The van der Waals surface area contributed by atoms with Crippen LogP contribution in [0.1, 0.15) is 15.9 Å². The smallest absolute Gasteiger partial charge is 0.252 e. The number of rotatable bonds is 5. The van der Waals surface area contributed by atoms with Gasteiger partial charge in [-0.2, -0.15) is 0 Å². The Labute approximate surface area is 133 Å². The number of benzene rings is 2. The highest BCUT2D eigenvalue weighted by Gasteiger charge is 2.21. The number of primary amides is 1. The summed E-state index contributed by atoms with van der Waals surface area (Å²) in [5.41, 5.74) is 6.70. The molecular weight excluding hydrogens is 296 g/mol. The molecule has 6 heteroatoms. The summed E-state index contributed by atoms with van der Waals surface area (Å²) in [6.45, 7) is 0.137. The van der Waals surface area contributed by atoms with E-state index in [4.69, 9.17) is 15.2 Å². The fourth-order valence-corrected chi connectivity index (χ4v) is 2.35. The van der Waals surface area contributed by atoms with E-state index in [1.165, 1.54) is 0 Å². The number of carbonyl (C=O) groups is 2. The molecule has 3 N–H and O–H groups in total. The third-order valence-corrected chi connectivity index (χ3v) is 3.57. The van der Waals surface area contributed by atoms with Gasteiger partial charge in [0.05, 0.1) is 0 Å². The normalized spacial score (nSPS) is 13.4. The van der Waals surface area contributed by atoms with E-state index in [-0.39, 0.29) is 12.7 Å². The van der Waals surface area contributed by atoms with Crippen molar-refractivity contribution in [3.8, 4) is 11.5 Å². The first-order chi connectivity index (χ1) is 11.1. The zero-order valence-electron chi connectivity index (χ0n) is 12.3. The van der Waals surface area contributed by atoms with Crippen LogP contribution in [0.15, 0.2) is 48.5 Å². The van der Waals surface area contributed by atoms with Gasteiger partial charge < -0.3 is 20.5 Å². The molecule has 1 aliphatic heterocycles. The van der Waals surface area contributed by atoms with E-state index in [1.807, 2.05) is 30.3 Å². The summed E-state index contributed by atoms with van der Waals surface area (Å²) in [5.74, 6) is 0.139. The second-order valence-electron chi connectivity index (χ2n) is 5.19. The molecular formula is C17H16N2O4. The van der Waals surface area contributed by atoms with E-state index in [0.717, 1.165) is 5.56 Å². The largest absolute Gasteiger partial charge is 0.454 e. The molecule has 2 aromatic carbocycles. The Hall–Kier alpha value is -3.02. The molecule has 3 rings (SSSR count). The van der Waals surface area contributed by atoms with Crippen molar-refractivity contribution in [2.24, 2.45) is 5.73 Å². The highest BCUT2D eigenvalue weighted by Crippen LogP contribution is 2.32. The number of hydrogen-bond acceptors (Lipinski definition) is 4. The first-order valence-corrected chi connectivity index (χ1v) is 7.17. The number of nitrogens with two attached hydrogens (primary N) is 1. The van der Waals surface area contributed by atoms with E-state index < -0.39 is 11.9 Å². The Morgan fingerprint density at radius 2 is 1.83 bits per heavy atom. The minimum absolute atomic E-state index is 0.137. The third-order valence-electron chi connectivity index (χ3n) is 3.57. The van der Waals surface area contributed by atoms with E-state index in [0.29, 0.717) is 23.5 Å². The third kappa shape index (κ3) is 3.42. The van der Waals surface area contributed by atoms with Crippen LogP contribution >= 0.6 is 0 Å². The Bertz CT molecular complexity index is 731. The topological polar surface area (TPSA) is 90.7 Å². The summed E-state index contributed by atoms with van der Waals surface area (Å²) >= 11 is 0. The molecule has 6 nitrogen and oxygen atoms in total. The molecule has 0 spiro atoms. The standard InChI is InChI=1S/C17H16N2O4/c18-16(20)13(8-11-4-2-1-3-5-11)19-17(21)12-6-7-14-15(9-12)23-10-22-14/h1-7,9,13H,8,10H2,(H2,18,20)(H,19,21). The molecule has 0 fully saturated rings. The number of amides is 2. The Morgan fingerprint density at radius 3 is 2.57 bits per heavy atom. The van der Waals surface area contributed by atoms with Crippen molar-refractivity contribution in [1.82, 2.24) is 5.32 Å². The van der Waals surface area contributed by atoms with Crippen LogP contribution in [-0.2, 0) is 11.2 Å². The lowest BCUT2D eigenvalue weighted by atomic mass is 10.0. The van der Waals surface area contributed by atoms with E-state index in [9.17, 15) is 9.59 Å². The molecule has 2 amide bonds. The summed E-state index contributed by atoms with van der Waals surface area (Å²) in [4.78, 5) is 24.0. The van der Waals surface area contributed by atoms with E-state index in [1.54, 1.807) is 18.2 Å². The molecule has 1 aliphatic rings.